The maximum Gasteiger partial charge on any atom is 0.416 e. The zero-order valence-corrected chi connectivity index (χ0v) is 21.0. The first kappa shape index (κ1) is 32.0. The van der Waals surface area contributed by atoms with Crippen molar-refractivity contribution in [2.24, 2.45) is 0 Å². The van der Waals surface area contributed by atoms with Crippen LogP contribution in [0.15, 0.2) is 70.5 Å². The van der Waals surface area contributed by atoms with Crippen LogP contribution in [-0.2, 0) is 45.7 Å². The van der Waals surface area contributed by atoms with Gasteiger partial charge in [-0.3, -0.25) is 4.72 Å². The van der Waals surface area contributed by atoms with Gasteiger partial charge in [-0.2, -0.15) is 52.7 Å². The van der Waals surface area contributed by atoms with Gasteiger partial charge in [0, 0.05) is 5.69 Å². The molecule has 0 radical (unpaired) electrons. The van der Waals surface area contributed by atoms with Gasteiger partial charge in [0.05, 0.1) is 37.7 Å². The fourth-order valence-electron chi connectivity index (χ4n) is 3.16. The molecule has 0 amide bonds. The lowest BCUT2D eigenvalue weighted by Crippen LogP contribution is -2.17. The average molecular weight is 644 g/mol. The van der Waals surface area contributed by atoms with E-state index in [-0.39, 0.29) is 36.4 Å². The zero-order chi connectivity index (χ0) is 31.2. The second-order valence-corrected chi connectivity index (χ2v) is 10.9. The minimum atomic E-state index is -5.29. The molecule has 2 N–H and O–H groups in total. The molecule has 1 atom stereocenters. The Kier molecular flexibility index (Phi) is 8.39. The molecule has 0 bridgehead atoms. The molecule has 41 heavy (non-hydrogen) atoms. The quantitative estimate of drug-likeness (QED) is 0.270. The Morgan fingerprint density at radius 1 is 0.561 bits per heavy atom. The maximum atomic E-state index is 13.1. The van der Waals surface area contributed by atoms with E-state index in [2.05, 4.69) is 0 Å². The molecule has 1 unspecified atom stereocenters. The van der Waals surface area contributed by atoms with Crippen LogP contribution in [0, 0.1) is 0 Å². The van der Waals surface area contributed by atoms with E-state index >= 15 is 0 Å². The van der Waals surface area contributed by atoms with Gasteiger partial charge in [-0.25, -0.2) is 12.6 Å². The highest BCUT2D eigenvalue weighted by Crippen LogP contribution is 2.39. The third-order valence-corrected chi connectivity index (χ3v) is 7.45. The molecule has 3 aromatic rings. The number of hydrogen-bond acceptors (Lipinski definition) is 3. The predicted octanol–water partition coefficient (Wildman–Crippen LogP) is 7.70. The van der Waals surface area contributed by atoms with Crippen molar-refractivity contribution < 1.29 is 65.3 Å². The van der Waals surface area contributed by atoms with E-state index in [1.165, 1.54) is 4.72 Å². The van der Waals surface area contributed by atoms with Gasteiger partial charge < -0.3 is 4.72 Å². The summed E-state index contributed by atoms with van der Waals surface area (Å²) in [6.07, 6.45) is -21.0. The Labute approximate surface area is 224 Å². The van der Waals surface area contributed by atoms with Crippen molar-refractivity contribution in [1.82, 2.24) is 0 Å². The van der Waals surface area contributed by atoms with Crippen molar-refractivity contribution in [3.63, 3.8) is 0 Å². The molecule has 0 aliphatic carbocycles. The summed E-state index contributed by atoms with van der Waals surface area (Å²) in [7, 11) is -7.66. The number of benzene rings is 3. The van der Waals surface area contributed by atoms with Crippen molar-refractivity contribution in [3.05, 3.63) is 82.9 Å². The van der Waals surface area contributed by atoms with E-state index in [9.17, 15) is 65.3 Å². The molecule has 0 aromatic heterocycles. The van der Waals surface area contributed by atoms with Crippen LogP contribution in [-0.4, -0.2) is 12.6 Å². The second-order valence-electron chi connectivity index (χ2n) is 8.04. The summed E-state index contributed by atoms with van der Waals surface area (Å²) in [5.74, 6) is 0. The first-order valence-corrected chi connectivity index (χ1v) is 13.0. The zero-order valence-electron chi connectivity index (χ0n) is 19.4. The van der Waals surface area contributed by atoms with Gasteiger partial charge >= 0.3 is 24.7 Å². The highest BCUT2D eigenvalue weighted by atomic mass is 32.2. The minimum absolute atomic E-state index is 0.0855. The first-order chi connectivity index (χ1) is 18.5. The van der Waals surface area contributed by atoms with E-state index in [1.807, 2.05) is 4.72 Å². The molecular weight excluding hydrogens is 632 g/mol. The van der Waals surface area contributed by atoms with E-state index in [0.717, 1.165) is 18.2 Å². The highest BCUT2D eigenvalue weighted by Gasteiger charge is 2.38. The molecule has 19 heteroatoms. The lowest BCUT2D eigenvalue weighted by Gasteiger charge is -2.16. The summed E-state index contributed by atoms with van der Waals surface area (Å²) in [5.41, 5.74) is -9.20. The molecule has 3 aromatic carbocycles. The Morgan fingerprint density at radius 2 is 0.951 bits per heavy atom. The number of halogens is 12. The summed E-state index contributed by atoms with van der Waals surface area (Å²) in [5, 5.41) is 0. The van der Waals surface area contributed by atoms with Crippen LogP contribution in [0.5, 0.6) is 0 Å². The third-order valence-electron chi connectivity index (χ3n) is 4.97. The summed E-state index contributed by atoms with van der Waals surface area (Å²) < 4.78 is 198. The molecule has 0 saturated heterocycles. The van der Waals surface area contributed by atoms with Gasteiger partial charge in [-0.05, 0) is 54.6 Å². The Bertz CT molecular complexity index is 1510. The Balaban J connectivity index is 1.95. The summed E-state index contributed by atoms with van der Waals surface area (Å²) in [6.45, 7) is 0. The Morgan fingerprint density at radius 3 is 1.34 bits per heavy atom. The summed E-state index contributed by atoms with van der Waals surface area (Å²) in [4.78, 5) is -1.41. The van der Waals surface area contributed by atoms with Gasteiger partial charge in [0.1, 0.15) is 11.0 Å². The van der Waals surface area contributed by atoms with Crippen LogP contribution in [0.4, 0.5) is 64.1 Å². The van der Waals surface area contributed by atoms with Crippen LogP contribution in [0.2, 0.25) is 0 Å². The van der Waals surface area contributed by atoms with E-state index in [4.69, 9.17) is 0 Å². The summed E-state index contributed by atoms with van der Waals surface area (Å²) in [6, 6.07) is 3.37. The summed E-state index contributed by atoms with van der Waals surface area (Å²) >= 11 is 0. The number of alkyl halides is 12. The van der Waals surface area contributed by atoms with Gasteiger partial charge in [-0.1, -0.05) is 6.07 Å². The molecule has 0 heterocycles. The van der Waals surface area contributed by atoms with E-state index in [0.29, 0.717) is 6.07 Å². The average Bonchev–Trinajstić information content (AvgIpc) is 2.81. The lowest BCUT2D eigenvalue weighted by molar-refractivity contribution is -0.144. The molecule has 0 aliphatic heterocycles. The minimum Gasteiger partial charge on any atom is -0.301 e. The Hall–Kier alpha value is -3.48. The third kappa shape index (κ3) is 8.05. The molecule has 0 spiro atoms. The normalized spacial score (nSPS) is 14.0. The van der Waals surface area contributed by atoms with Crippen molar-refractivity contribution >= 4 is 32.4 Å². The topological polar surface area (TPSA) is 75.3 Å². The lowest BCUT2D eigenvalue weighted by atomic mass is 10.1. The maximum absolute atomic E-state index is 13.1. The molecule has 0 aliphatic rings. The molecule has 0 fully saturated rings. The number of hydrogen-bond donors (Lipinski definition) is 2. The fourth-order valence-corrected chi connectivity index (χ4v) is 5.21. The number of anilines is 2. The van der Waals surface area contributed by atoms with Crippen molar-refractivity contribution in [1.29, 1.82) is 0 Å². The first-order valence-electron chi connectivity index (χ1n) is 10.4. The molecule has 5 nitrogen and oxygen atoms in total. The van der Waals surface area contributed by atoms with Gasteiger partial charge in [-0.15, -0.1) is 0 Å². The van der Waals surface area contributed by atoms with Crippen molar-refractivity contribution in [2.45, 2.75) is 34.5 Å². The SMILES string of the molecule is O=S(Nc1cc(C(F)(F)F)cc(C(F)(F)F)c1)c1cccc(S(=O)(=O)Nc2cc(C(F)(F)F)cc(C(F)(F)F)c2)c1. The number of rotatable bonds is 6. The number of sulfonamides is 1. The highest BCUT2D eigenvalue weighted by molar-refractivity contribution is 7.92. The van der Waals surface area contributed by atoms with Crippen LogP contribution in [0.1, 0.15) is 22.3 Å². The predicted molar refractivity (Wildman–Crippen MR) is 120 cm³/mol. The van der Waals surface area contributed by atoms with Crippen LogP contribution < -0.4 is 9.44 Å². The van der Waals surface area contributed by atoms with Gasteiger partial charge in [0.2, 0.25) is 0 Å². The number of nitrogens with one attached hydrogen (secondary N) is 2. The van der Waals surface area contributed by atoms with E-state index in [1.54, 1.807) is 0 Å². The van der Waals surface area contributed by atoms with Crippen molar-refractivity contribution in [3.8, 4) is 0 Å². The fraction of sp³-hybridized carbons (Fsp3) is 0.182. The largest absolute Gasteiger partial charge is 0.416 e. The van der Waals surface area contributed by atoms with Gasteiger partial charge in [0.25, 0.3) is 10.0 Å². The molecule has 3 rings (SSSR count). The van der Waals surface area contributed by atoms with Gasteiger partial charge in [0.15, 0.2) is 0 Å². The van der Waals surface area contributed by atoms with E-state index < -0.39 is 89.1 Å². The van der Waals surface area contributed by atoms with Crippen LogP contribution >= 0.6 is 0 Å². The second kappa shape index (κ2) is 10.7. The van der Waals surface area contributed by atoms with Crippen LogP contribution in [0.3, 0.4) is 0 Å². The van der Waals surface area contributed by atoms with Crippen molar-refractivity contribution in [2.75, 3.05) is 9.44 Å². The molecule has 224 valence electrons. The standard InChI is InChI=1S/C22H12F12N2O3S2/c23-19(24,25)11-4-12(20(26,27)28)7-15(6-11)35-40(37)17-2-1-3-18(10-17)41(38,39)36-16-8-13(21(29,30)31)5-14(9-16)22(32,33)34/h1-10,35-36H. The smallest absolute Gasteiger partial charge is 0.301 e. The molecular formula is C22H12F12N2O3S2. The molecule has 0 saturated carbocycles. The van der Waals surface area contributed by atoms with Crippen LogP contribution in [0.25, 0.3) is 0 Å². The monoisotopic (exact) mass is 644 g/mol.